The largest absolute Gasteiger partial charge is 0.381 e. The number of nitrogens with zero attached hydrogens (tertiary/aromatic N) is 1. The van der Waals surface area contributed by atoms with Crippen molar-refractivity contribution in [1.29, 1.82) is 0 Å². The third-order valence-corrected chi connectivity index (χ3v) is 3.88. The third-order valence-electron chi connectivity index (χ3n) is 3.88. The van der Waals surface area contributed by atoms with Gasteiger partial charge in [0.2, 0.25) is 5.91 Å². The van der Waals surface area contributed by atoms with Gasteiger partial charge in [-0.15, -0.1) is 0 Å². The van der Waals surface area contributed by atoms with Gasteiger partial charge in [0.25, 0.3) is 5.69 Å². The maximum atomic E-state index is 11.2. The monoisotopic (exact) mass is 293 g/mol. The molecule has 0 saturated carbocycles. The summed E-state index contributed by atoms with van der Waals surface area (Å²) < 4.78 is 5.33. The minimum absolute atomic E-state index is 0.0227. The quantitative estimate of drug-likeness (QED) is 0.637. The number of primary amides is 1. The van der Waals surface area contributed by atoms with Crippen LogP contribution in [0.1, 0.15) is 30.1 Å². The predicted molar refractivity (Wildman–Crippen MR) is 78.3 cm³/mol. The smallest absolute Gasteiger partial charge is 0.292 e. The Hall–Kier alpha value is -2.15. The number of carbonyl (C=O) groups excluding carboxylic acids is 1. The van der Waals surface area contributed by atoms with Crippen LogP contribution in [0, 0.1) is 15.5 Å². The van der Waals surface area contributed by atoms with Crippen molar-refractivity contribution in [2.24, 2.45) is 11.1 Å². The second kappa shape index (κ2) is 6.09. The number of carbonyl (C=O) groups is 1. The molecule has 114 valence electrons. The highest BCUT2D eigenvalue weighted by molar-refractivity contribution is 5.94. The number of nitro benzene ring substituents is 1. The van der Waals surface area contributed by atoms with Gasteiger partial charge < -0.3 is 15.8 Å². The van der Waals surface area contributed by atoms with Crippen LogP contribution in [-0.4, -0.2) is 30.6 Å². The number of ether oxygens (including phenoxy) is 1. The first kappa shape index (κ1) is 15.2. The zero-order valence-corrected chi connectivity index (χ0v) is 11.9. The van der Waals surface area contributed by atoms with Gasteiger partial charge in [-0.05, 0) is 30.4 Å². The maximum Gasteiger partial charge on any atom is 0.292 e. The zero-order valence-electron chi connectivity index (χ0n) is 11.9. The number of anilines is 1. The van der Waals surface area contributed by atoms with Gasteiger partial charge in [0.1, 0.15) is 5.69 Å². The van der Waals surface area contributed by atoms with Crippen LogP contribution in [0.4, 0.5) is 11.4 Å². The molecule has 0 spiro atoms. The molecule has 1 heterocycles. The van der Waals surface area contributed by atoms with Gasteiger partial charge in [0.05, 0.1) is 4.92 Å². The highest BCUT2D eigenvalue weighted by Crippen LogP contribution is 2.32. The molecule has 1 aliphatic rings. The molecule has 0 bridgehead atoms. The van der Waals surface area contributed by atoms with E-state index in [0.29, 0.717) is 25.4 Å². The molecule has 3 N–H and O–H groups in total. The molecule has 0 aliphatic carbocycles. The van der Waals surface area contributed by atoms with E-state index in [-0.39, 0.29) is 16.7 Å². The minimum Gasteiger partial charge on any atom is -0.381 e. The van der Waals surface area contributed by atoms with Crippen molar-refractivity contribution < 1.29 is 14.5 Å². The second-order valence-corrected chi connectivity index (χ2v) is 5.63. The topological polar surface area (TPSA) is 107 Å². The van der Waals surface area contributed by atoms with Crippen LogP contribution in [-0.2, 0) is 4.74 Å². The SMILES string of the molecule is CC1(CNc2cc(C(N)=O)ccc2[N+](=O)[O-])CCOCC1. The Morgan fingerprint density at radius 2 is 2.14 bits per heavy atom. The lowest BCUT2D eigenvalue weighted by Gasteiger charge is -2.33. The van der Waals surface area contributed by atoms with Gasteiger partial charge in [0.15, 0.2) is 0 Å². The summed E-state index contributed by atoms with van der Waals surface area (Å²) in [4.78, 5) is 21.8. The van der Waals surface area contributed by atoms with Crippen LogP contribution < -0.4 is 11.1 Å². The van der Waals surface area contributed by atoms with Crippen molar-refractivity contribution in [3.05, 3.63) is 33.9 Å². The predicted octanol–water partition coefficient (Wildman–Crippen LogP) is 1.92. The zero-order chi connectivity index (χ0) is 15.5. The molecular formula is C14H19N3O4. The van der Waals surface area contributed by atoms with Crippen molar-refractivity contribution in [3.8, 4) is 0 Å². The van der Waals surface area contributed by atoms with E-state index in [0.717, 1.165) is 12.8 Å². The van der Waals surface area contributed by atoms with E-state index in [1.54, 1.807) is 0 Å². The Labute approximate surface area is 122 Å². The second-order valence-electron chi connectivity index (χ2n) is 5.63. The fraction of sp³-hybridized carbons (Fsp3) is 0.500. The van der Waals surface area contributed by atoms with E-state index in [2.05, 4.69) is 12.2 Å². The molecule has 1 amide bonds. The molecule has 1 fully saturated rings. The summed E-state index contributed by atoms with van der Waals surface area (Å²) >= 11 is 0. The van der Waals surface area contributed by atoms with Gasteiger partial charge in [-0.2, -0.15) is 0 Å². The van der Waals surface area contributed by atoms with E-state index >= 15 is 0 Å². The third kappa shape index (κ3) is 3.69. The lowest BCUT2D eigenvalue weighted by atomic mass is 9.82. The highest BCUT2D eigenvalue weighted by Gasteiger charge is 2.28. The van der Waals surface area contributed by atoms with Crippen LogP contribution in [0.25, 0.3) is 0 Å². The number of benzene rings is 1. The Morgan fingerprint density at radius 1 is 1.48 bits per heavy atom. The first-order valence-corrected chi connectivity index (χ1v) is 6.81. The first-order chi connectivity index (χ1) is 9.91. The first-order valence-electron chi connectivity index (χ1n) is 6.81. The molecule has 0 radical (unpaired) electrons. The summed E-state index contributed by atoms with van der Waals surface area (Å²) in [5.74, 6) is -0.606. The molecule has 21 heavy (non-hydrogen) atoms. The summed E-state index contributed by atoms with van der Waals surface area (Å²) in [7, 11) is 0. The summed E-state index contributed by atoms with van der Waals surface area (Å²) in [5, 5.41) is 14.2. The molecule has 2 rings (SSSR count). The number of nitrogens with one attached hydrogen (secondary N) is 1. The Balaban J connectivity index is 2.18. The Kier molecular flexibility index (Phi) is 4.42. The molecular weight excluding hydrogens is 274 g/mol. The number of hydrogen-bond donors (Lipinski definition) is 2. The molecule has 7 nitrogen and oxygen atoms in total. The number of nitrogens with two attached hydrogens (primary N) is 1. The molecule has 0 aromatic heterocycles. The molecule has 0 atom stereocenters. The standard InChI is InChI=1S/C14H19N3O4/c1-14(4-6-21-7-5-14)9-16-11-8-10(13(15)18)2-3-12(11)17(19)20/h2-3,8,16H,4-7,9H2,1H3,(H2,15,18). The summed E-state index contributed by atoms with van der Waals surface area (Å²) in [6.07, 6.45) is 1.78. The highest BCUT2D eigenvalue weighted by atomic mass is 16.6. The van der Waals surface area contributed by atoms with Crippen LogP contribution >= 0.6 is 0 Å². The van der Waals surface area contributed by atoms with Crippen molar-refractivity contribution >= 4 is 17.3 Å². The number of hydrogen-bond acceptors (Lipinski definition) is 5. The Morgan fingerprint density at radius 3 is 2.71 bits per heavy atom. The van der Waals surface area contributed by atoms with E-state index in [4.69, 9.17) is 10.5 Å². The van der Waals surface area contributed by atoms with E-state index in [9.17, 15) is 14.9 Å². The fourth-order valence-electron chi connectivity index (χ4n) is 2.34. The molecule has 0 unspecified atom stereocenters. The minimum atomic E-state index is -0.606. The van der Waals surface area contributed by atoms with Gasteiger partial charge in [-0.25, -0.2) is 0 Å². The maximum absolute atomic E-state index is 11.2. The lowest BCUT2D eigenvalue weighted by Crippen LogP contribution is -2.33. The van der Waals surface area contributed by atoms with Gasteiger partial charge >= 0.3 is 0 Å². The van der Waals surface area contributed by atoms with Crippen LogP contribution in [0.3, 0.4) is 0 Å². The summed E-state index contributed by atoms with van der Waals surface area (Å²) in [5.41, 5.74) is 5.76. The number of amides is 1. The number of nitro groups is 1. The van der Waals surface area contributed by atoms with Gasteiger partial charge in [-0.1, -0.05) is 6.92 Å². The van der Waals surface area contributed by atoms with Crippen LogP contribution in [0.15, 0.2) is 18.2 Å². The normalized spacial score (nSPS) is 17.2. The van der Waals surface area contributed by atoms with Gasteiger partial charge in [-0.3, -0.25) is 14.9 Å². The molecule has 1 aromatic carbocycles. The van der Waals surface area contributed by atoms with Crippen molar-refractivity contribution in [3.63, 3.8) is 0 Å². The summed E-state index contributed by atoms with van der Waals surface area (Å²) in [6.45, 7) is 4.09. The van der Waals surface area contributed by atoms with Gasteiger partial charge in [0, 0.05) is 31.4 Å². The van der Waals surface area contributed by atoms with Crippen molar-refractivity contribution in [2.75, 3.05) is 25.1 Å². The summed E-state index contributed by atoms with van der Waals surface area (Å²) in [6, 6.07) is 4.10. The van der Waals surface area contributed by atoms with E-state index < -0.39 is 10.8 Å². The van der Waals surface area contributed by atoms with E-state index in [1.165, 1.54) is 18.2 Å². The Bertz CT molecular complexity index is 553. The lowest BCUT2D eigenvalue weighted by molar-refractivity contribution is -0.384. The molecule has 7 heteroatoms. The average molecular weight is 293 g/mol. The number of rotatable bonds is 5. The van der Waals surface area contributed by atoms with E-state index in [1.807, 2.05) is 0 Å². The van der Waals surface area contributed by atoms with Crippen molar-refractivity contribution in [2.45, 2.75) is 19.8 Å². The van der Waals surface area contributed by atoms with Crippen molar-refractivity contribution in [1.82, 2.24) is 0 Å². The van der Waals surface area contributed by atoms with Crippen LogP contribution in [0.2, 0.25) is 0 Å². The molecule has 1 aliphatic heterocycles. The molecule has 1 saturated heterocycles. The molecule has 1 aromatic rings. The van der Waals surface area contributed by atoms with Crippen LogP contribution in [0.5, 0.6) is 0 Å². The average Bonchev–Trinajstić information content (AvgIpc) is 2.45. The fourth-order valence-corrected chi connectivity index (χ4v) is 2.34.